The number of unbranched alkanes of at least 4 members (excludes halogenated alkanes) is 4. The molecule has 0 bridgehead atoms. The van der Waals surface area contributed by atoms with E-state index in [0.717, 1.165) is 0 Å². The predicted octanol–water partition coefficient (Wildman–Crippen LogP) is 6.00. The van der Waals surface area contributed by atoms with Gasteiger partial charge in [0.15, 0.2) is 0 Å². The number of rotatable bonds is 8. The van der Waals surface area contributed by atoms with Crippen molar-refractivity contribution in [2.75, 3.05) is 0 Å². The first-order valence-electron chi connectivity index (χ1n) is 7.83. The van der Waals surface area contributed by atoms with Crippen LogP contribution in [0.5, 0.6) is 0 Å². The van der Waals surface area contributed by atoms with Crippen molar-refractivity contribution in [1.82, 2.24) is 0 Å². The molecule has 16 heavy (non-hydrogen) atoms. The van der Waals surface area contributed by atoms with E-state index in [-0.39, 0.29) is 0 Å². The zero-order valence-electron chi connectivity index (χ0n) is 11.7. The van der Waals surface area contributed by atoms with Crippen LogP contribution in [0.25, 0.3) is 0 Å². The van der Waals surface area contributed by atoms with Crippen LogP contribution in [0.4, 0.5) is 0 Å². The molecule has 0 unspecified atom stereocenters. The molecule has 0 aromatic heterocycles. The first-order chi connectivity index (χ1) is 7.83. The average Bonchev–Trinajstić information content (AvgIpc) is 2.31. The van der Waals surface area contributed by atoms with E-state index in [0.29, 0.717) is 0 Å². The van der Waals surface area contributed by atoms with Crippen LogP contribution in [0, 0.1) is 0 Å². The molecule has 0 aromatic carbocycles. The summed E-state index contributed by atoms with van der Waals surface area (Å²) in [5.41, 5.74) is 0. The summed E-state index contributed by atoms with van der Waals surface area (Å²) < 4.78 is 6.99. The van der Waals surface area contributed by atoms with Gasteiger partial charge in [0.25, 0.3) is 0 Å². The van der Waals surface area contributed by atoms with Gasteiger partial charge in [-0.1, -0.05) is 0 Å². The fourth-order valence-electron chi connectivity index (χ4n) is 3.43. The van der Waals surface area contributed by atoms with Gasteiger partial charge in [-0.25, -0.2) is 0 Å². The summed E-state index contributed by atoms with van der Waals surface area (Å²) in [7, 11) is 0. The van der Waals surface area contributed by atoms with Crippen molar-refractivity contribution in [3.63, 3.8) is 0 Å². The molecule has 1 aliphatic heterocycles. The molecule has 96 valence electrons. The van der Waals surface area contributed by atoms with Crippen molar-refractivity contribution in [3.8, 4) is 0 Å². The Balaban J connectivity index is 2.33. The molecule has 0 radical (unpaired) electrons. The summed E-state index contributed by atoms with van der Waals surface area (Å²) in [6.45, 7) is 4.69. The van der Waals surface area contributed by atoms with Crippen molar-refractivity contribution in [3.05, 3.63) is 0 Å². The van der Waals surface area contributed by atoms with Gasteiger partial charge in [-0.15, -0.1) is 0 Å². The first kappa shape index (κ1) is 14.9. The second kappa shape index (κ2) is 8.83. The van der Waals surface area contributed by atoms with Crippen molar-refractivity contribution in [2.24, 2.45) is 0 Å². The van der Waals surface area contributed by atoms with Crippen molar-refractivity contribution in [2.45, 2.75) is 89.4 Å². The summed E-state index contributed by atoms with van der Waals surface area (Å²) in [4.78, 5) is 0. The van der Waals surface area contributed by atoms with E-state index in [2.05, 4.69) is 13.8 Å². The molecule has 0 atom stereocenters. The zero-order chi connectivity index (χ0) is 11.7. The van der Waals surface area contributed by atoms with Gasteiger partial charge in [0.2, 0.25) is 0 Å². The summed E-state index contributed by atoms with van der Waals surface area (Å²) in [5.74, 6) is 0. The van der Waals surface area contributed by atoms with Gasteiger partial charge < -0.3 is 0 Å². The van der Waals surface area contributed by atoms with Crippen molar-refractivity contribution in [1.29, 1.82) is 0 Å². The van der Waals surface area contributed by atoms with Gasteiger partial charge in [-0.2, -0.15) is 0 Å². The maximum atomic E-state index is 2.35. The minimum absolute atomic E-state index is 1.41. The van der Waals surface area contributed by atoms with Gasteiger partial charge in [0.05, 0.1) is 0 Å². The fourth-order valence-corrected chi connectivity index (χ4v) is 19.1. The molecule has 0 aliphatic carbocycles. The van der Waals surface area contributed by atoms with Crippen LogP contribution in [0.3, 0.4) is 0 Å². The second-order valence-corrected chi connectivity index (χ2v) is 20.2. The third-order valence-corrected chi connectivity index (χ3v) is 20.7. The third-order valence-electron chi connectivity index (χ3n) is 4.54. The van der Waals surface area contributed by atoms with E-state index < -0.39 is 18.4 Å². The Hall–Kier alpha value is 0.799. The standard InChI is InChI=1S/2C5H11.C5H10.Sn/c3*1-3-5-4-2;/h2*1,3-5H2,2H3;1-5H2;. The normalized spacial score (nSPS) is 19.9. The van der Waals surface area contributed by atoms with E-state index in [9.17, 15) is 0 Å². The topological polar surface area (TPSA) is 0 Å². The summed E-state index contributed by atoms with van der Waals surface area (Å²) in [5, 5.41) is 0. The molecule has 0 saturated carbocycles. The van der Waals surface area contributed by atoms with Gasteiger partial charge in [-0.3, -0.25) is 0 Å². The molecule has 1 saturated heterocycles. The van der Waals surface area contributed by atoms with Gasteiger partial charge in [0.1, 0.15) is 0 Å². The molecule has 0 N–H and O–H groups in total. The predicted molar refractivity (Wildman–Crippen MR) is 77.9 cm³/mol. The van der Waals surface area contributed by atoms with Crippen LogP contribution in [-0.4, -0.2) is 18.4 Å². The molecule has 1 fully saturated rings. The van der Waals surface area contributed by atoms with Gasteiger partial charge >= 0.3 is 108 Å². The Kier molecular flexibility index (Phi) is 8.20. The first-order valence-corrected chi connectivity index (χ1v) is 15.9. The van der Waals surface area contributed by atoms with Crippen LogP contribution in [-0.2, 0) is 0 Å². The summed E-state index contributed by atoms with van der Waals surface area (Å²) >= 11 is -1.54. The Labute approximate surface area is 107 Å². The average molecular weight is 331 g/mol. The number of hydrogen-bond donors (Lipinski definition) is 0. The Morgan fingerprint density at radius 2 is 1.19 bits per heavy atom. The van der Waals surface area contributed by atoms with Crippen LogP contribution in [0.2, 0.25) is 17.7 Å². The Bertz CT molecular complexity index is 147. The molecule has 0 amide bonds. The number of hydrogen-bond acceptors (Lipinski definition) is 0. The maximum absolute atomic E-state index is 2.35. The van der Waals surface area contributed by atoms with Crippen LogP contribution in [0.15, 0.2) is 0 Å². The van der Waals surface area contributed by atoms with E-state index in [4.69, 9.17) is 0 Å². The molecule has 1 aliphatic rings. The second-order valence-electron chi connectivity index (χ2n) is 5.97. The van der Waals surface area contributed by atoms with E-state index >= 15 is 0 Å². The molecule has 0 aromatic rings. The van der Waals surface area contributed by atoms with Crippen LogP contribution >= 0.6 is 0 Å². The van der Waals surface area contributed by atoms with Crippen molar-refractivity contribution < 1.29 is 0 Å². The molecule has 0 spiro atoms. The monoisotopic (exact) mass is 332 g/mol. The summed E-state index contributed by atoms with van der Waals surface area (Å²) in [6.07, 6.45) is 13.8. The quantitative estimate of drug-likeness (QED) is 0.378. The van der Waals surface area contributed by atoms with Crippen LogP contribution in [0.1, 0.15) is 71.6 Å². The third kappa shape index (κ3) is 5.42. The zero-order valence-corrected chi connectivity index (χ0v) is 14.5. The molecular formula is C15H32Sn. The molecule has 1 heteroatoms. The molecule has 1 heterocycles. The molecular weight excluding hydrogens is 299 g/mol. The van der Waals surface area contributed by atoms with E-state index in [1.165, 1.54) is 25.7 Å². The Morgan fingerprint density at radius 3 is 1.62 bits per heavy atom. The SMILES string of the molecule is CCCC[CH2][Sn]1([CH2]CCCC)[CH2]CCC[CH2]1. The Morgan fingerprint density at radius 1 is 0.688 bits per heavy atom. The van der Waals surface area contributed by atoms with Gasteiger partial charge in [0, 0.05) is 0 Å². The summed E-state index contributed by atoms with van der Waals surface area (Å²) in [6, 6.07) is 0. The van der Waals surface area contributed by atoms with Crippen LogP contribution < -0.4 is 0 Å². The molecule has 0 nitrogen and oxygen atoms in total. The molecule has 1 rings (SSSR count). The van der Waals surface area contributed by atoms with E-state index in [1.807, 2.05) is 0 Å². The van der Waals surface area contributed by atoms with Crippen molar-refractivity contribution >= 4 is 18.4 Å². The minimum atomic E-state index is -1.54. The fraction of sp³-hybridized carbons (Fsp3) is 1.00. The van der Waals surface area contributed by atoms with Gasteiger partial charge in [-0.05, 0) is 0 Å². The van der Waals surface area contributed by atoms with E-state index in [1.54, 1.807) is 49.9 Å².